The molecule has 57 heavy (non-hydrogen) atoms. The Balaban J connectivity index is 2.23. The number of esters is 1. The van der Waals surface area contributed by atoms with Crippen molar-refractivity contribution in [3.8, 4) is 0 Å². The summed E-state index contributed by atoms with van der Waals surface area (Å²) in [6.45, 7) is 18.0. The molecule has 11 nitrogen and oxygen atoms in total. The Bertz CT molecular complexity index is 1580. The Morgan fingerprint density at radius 1 is 0.754 bits per heavy atom. The molecule has 2 aromatic rings. The van der Waals surface area contributed by atoms with Gasteiger partial charge in [-0.2, -0.15) is 0 Å². The Hall–Kier alpha value is -4.22. The van der Waals surface area contributed by atoms with Gasteiger partial charge in [-0.05, 0) is 81.1 Å². The molecule has 0 unspecified atom stereocenters. The molecule has 3 N–H and O–H groups in total. The highest BCUT2D eigenvalue weighted by molar-refractivity contribution is 6.00. The predicted molar refractivity (Wildman–Crippen MR) is 224 cm³/mol. The van der Waals surface area contributed by atoms with Gasteiger partial charge in [0.15, 0.2) is 17.3 Å². The minimum atomic E-state index is -1.05. The summed E-state index contributed by atoms with van der Waals surface area (Å²) in [5.41, 5.74) is 2.42. The molecule has 5 atom stereocenters. The molecule has 2 rings (SSSR count). The van der Waals surface area contributed by atoms with Crippen molar-refractivity contribution >= 4 is 35.1 Å². The molecule has 2 aromatic carbocycles. The lowest BCUT2D eigenvalue weighted by Crippen LogP contribution is -2.47. The smallest absolute Gasteiger partial charge is 0.311 e. The molecule has 0 aromatic heterocycles. The number of nitrogens with zero attached hydrogens (tertiary/aromatic N) is 1. The number of ether oxygens (including phenoxy) is 1. The van der Waals surface area contributed by atoms with Crippen LogP contribution < -0.4 is 10.6 Å². The van der Waals surface area contributed by atoms with Crippen LogP contribution >= 0.6 is 0 Å². The molecular weight excluding hydrogens is 723 g/mol. The number of benzene rings is 2. The molecule has 2 amide bonds. The van der Waals surface area contributed by atoms with Gasteiger partial charge >= 0.3 is 5.97 Å². The maximum absolute atomic E-state index is 13.9. The number of carbonyl (C=O) groups is 6. The number of hydrogen-bond acceptors (Lipinski definition) is 9. The van der Waals surface area contributed by atoms with E-state index in [1.54, 1.807) is 19.1 Å². The fourth-order valence-electron chi connectivity index (χ4n) is 6.94. The molecule has 0 saturated heterocycles. The van der Waals surface area contributed by atoms with Crippen LogP contribution in [-0.4, -0.2) is 90.6 Å². The fourth-order valence-corrected chi connectivity index (χ4v) is 6.94. The van der Waals surface area contributed by atoms with Crippen molar-refractivity contribution in [1.82, 2.24) is 15.5 Å². The number of unbranched alkanes of at least 4 members (excludes halogenated alkanes) is 1. The first kappa shape index (κ1) is 48.9. The van der Waals surface area contributed by atoms with Gasteiger partial charge < -0.3 is 25.4 Å². The van der Waals surface area contributed by atoms with Crippen LogP contribution in [0, 0.1) is 23.7 Å². The Morgan fingerprint density at radius 2 is 1.35 bits per heavy atom. The molecule has 0 aliphatic rings. The van der Waals surface area contributed by atoms with E-state index in [0.29, 0.717) is 31.2 Å². The van der Waals surface area contributed by atoms with E-state index >= 15 is 0 Å². The number of carbonyl (C=O) groups excluding carboxylic acids is 6. The lowest BCUT2D eigenvalue weighted by Gasteiger charge is -2.25. The Morgan fingerprint density at radius 3 is 1.89 bits per heavy atom. The van der Waals surface area contributed by atoms with E-state index in [2.05, 4.69) is 50.2 Å². The highest BCUT2D eigenvalue weighted by Crippen LogP contribution is 2.24. The zero-order valence-corrected chi connectivity index (χ0v) is 35.9. The molecular formula is C46H69N3O8. The normalized spacial score (nSPS) is 14.3. The van der Waals surface area contributed by atoms with Gasteiger partial charge in [0.1, 0.15) is 0 Å². The SMILES string of the molecule is CCN(CC)CCCC[C@H](NC(=O)[C@@H](CC(=O)[C@H](C)NC(=O)[C@@H](CC(=O)c1ccc(C(C)(C)C)cc1)Cc1ccccc1)CC(C)C)C(=O)C[C@@H](CO)C(=O)OC. The van der Waals surface area contributed by atoms with E-state index in [1.807, 2.05) is 56.3 Å². The summed E-state index contributed by atoms with van der Waals surface area (Å²) < 4.78 is 4.76. The lowest BCUT2D eigenvalue weighted by atomic mass is 9.85. The number of ketones is 3. The second kappa shape index (κ2) is 24.5. The second-order valence-electron chi connectivity index (χ2n) is 16.7. The Kier molecular flexibility index (Phi) is 21.1. The summed E-state index contributed by atoms with van der Waals surface area (Å²) in [5, 5.41) is 15.5. The molecule has 0 fully saturated rings. The molecule has 316 valence electrons. The van der Waals surface area contributed by atoms with Crippen LogP contribution in [0.2, 0.25) is 0 Å². The van der Waals surface area contributed by atoms with E-state index in [0.717, 1.165) is 37.2 Å². The van der Waals surface area contributed by atoms with Crippen molar-refractivity contribution < 1.29 is 38.6 Å². The average Bonchev–Trinajstić information content (AvgIpc) is 3.18. The average molecular weight is 792 g/mol. The number of rotatable bonds is 26. The summed E-state index contributed by atoms with van der Waals surface area (Å²) in [7, 11) is 1.19. The summed E-state index contributed by atoms with van der Waals surface area (Å²) in [4.78, 5) is 83.0. The number of aliphatic hydroxyl groups is 1. The second-order valence-corrected chi connectivity index (χ2v) is 16.7. The standard InChI is InChI=1S/C46H69N3O8/c1-10-49(11-2)24-16-15-19-39(42(53)29-37(30-50)45(56)57-9)48-44(55)35(25-31(3)4)27-40(51)32(5)47-43(54)36(26-33-17-13-12-14-18-33)28-41(52)34-20-22-38(23-21-34)46(6,7)8/h12-14,17-18,20-23,31-32,35-37,39,50H,10-11,15-16,19,24-30H2,1-9H3,(H,47,54)(H,48,55)/t32-,35+,36+,37-,39-/m0/s1. The first-order valence-corrected chi connectivity index (χ1v) is 20.7. The van der Waals surface area contributed by atoms with Crippen molar-refractivity contribution in [2.45, 2.75) is 124 Å². The van der Waals surface area contributed by atoms with E-state index in [1.165, 1.54) is 7.11 Å². The summed E-state index contributed by atoms with van der Waals surface area (Å²) in [5.74, 6) is -5.04. The van der Waals surface area contributed by atoms with Crippen LogP contribution in [0.25, 0.3) is 0 Å². The van der Waals surface area contributed by atoms with Crippen molar-refractivity contribution in [3.63, 3.8) is 0 Å². The fraction of sp³-hybridized carbons (Fsp3) is 0.609. The van der Waals surface area contributed by atoms with E-state index in [-0.39, 0.29) is 42.2 Å². The van der Waals surface area contributed by atoms with Crippen molar-refractivity contribution in [1.29, 1.82) is 0 Å². The largest absolute Gasteiger partial charge is 0.469 e. The third kappa shape index (κ3) is 17.0. The molecule has 0 bridgehead atoms. The monoisotopic (exact) mass is 792 g/mol. The van der Waals surface area contributed by atoms with Crippen LogP contribution in [0.1, 0.15) is 122 Å². The van der Waals surface area contributed by atoms with Gasteiger partial charge in [0, 0.05) is 36.7 Å². The Labute approximate surface area is 341 Å². The highest BCUT2D eigenvalue weighted by atomic mass is 16.5. The van der Waals surface area contributed by atoms with E-state index in [4.69, 9.17) is 4.74 Å². The van der Waals surface area contributed by atoms with Crippen LogP contribution in [0.4, 0.5) is 0 Å². The third-order valence-electron chi connectivity index (χ3n) is 10.6. The molecule has 0 spiro atoms. The number of aliphatic hydroxyl groups excluding tert-OH is 1. The minimum absolute atomic E-state index is 0.0403. The van der Waals surface area contributed by atoms with Crippen molar-refractivity contribution in [3.05, 3.63) is 71.3 Å². The first-order chi connectivity index (χ1) is 26.9. The number of hydrogen-bond donors (Lipinski definition) is 3. The highest BCUT2D eigenvalue weighted by Gasteiger charge is 2.33. The quantitative estimate of drug-likeness (QED) is 0.0567. The van der Waals surface area contributed by atoms with Gasteiger partial charge in [-0.1, -0.05) is 103 Å². The maximum Gasteiger partial charge on any atom is 0.311 e. The topological polar surface area (TPSA) is 159 Å². The van der Waals surface area contributed by atoms with Crippen LogP contribution in [-0.2, 0) is 40.5 Å². The van der Waals surface area contributed by atoms with Gasteiger partial charge in [0.05, 0.1) is 31.7 Å². The van der Waals surface area contributed by atoms with Crippen LogP contribution in [0.3, 0.4) is 0 Å². The summed E-state index contributed by atoms with van der Waals surface area (Å²) in [6, 6.07) is 15.0. The van der Waals surface area contributed by atoms with Crippen LogP contribution in [0.5, 0.6) is 0 Å². The van der Waals surface area contributed by atoms with Gasteiger partial charge in [-0.3, -0.25) is 28.8 Å². The van der Waals surface area contributed by atoms with Crippen molar-refractivity contribution in [2.24, 2.45) is 23.7 Å². The van der Waals surface area contributed by atoms with Gasteiger partial charge in [-0.25, -0.2) is 0 Å². The molecule has 0 heterocycles. The predicted octanol–water partition coefficient (Wildman–Crippen LogP) is 6.28. The first-order valence-electron chi connectivity index (χ1n) is 20.7. The third-order valence-corrected chi connectivity index (χ3v) is 10.6. The number of methoxy groups -OCH3 is 1. The van der Waals surface area contributed by atoms with Gasteiger partial charge in [0.25, 0.3) is 0 Å². The molecule has 0 aliphatic carbocycles. The van der Waals surface area contributed by atoms with E-state index in [9.17, 15) is 33.9 Å². The maximum atomic E-state index is 13.9. The lowest BCUT2D eigenvalue weighted by molar-refractivity contribution is -0.149. The zero-order chi connectivity index (χ0) is 42.7. The van der Waals surface area contributed by atoms with E-state index < -0.39 is 60.0 Å². The zero-order valence-electron chi connectivity index (χ0n) is 35.9. The number of nitrogens with one attached hydrogen (secondary N) is 2. The minimum Gasteiger partial charge on any atom is -0.469 e. The summed E-state index contributed by atoms with van der Waals surface area (Å²) in [6.07, 6.45) is 1.92. The molecule has 0 aliphatic heterocycles. The molecule has 0 saturated carbocycles. The number of amides is 2. The molecule has 0 radical (unpaired) electrons. The van der Waals surface area contributed by atoms with Crippen LogP contribution in [0.15, 0.2) is 54.6 Å². The van der Waals surface area contributed by atoms with Gasteiger partial charge in [-0.15, -0.1) is 0 Å². The van der Waals surface area contributed by atoms with Gasteiger partial charge in [0.2, 0.25) is 11.8 Å². The summed E-state index contributed by atoms with van der Waals surface area (Å²) >= 11 is 0. The molecule has 11 heteroatoms. The number of Topliss-reactive ketones (excluding diaryl/α,β-unsaturated/α-hetero) is 3. The van der Waals surface area contributed by atoms with Crippen molar-refractivity contribution in [2.75, 3.05) is 33.4 Å².